The van der Waals surface area contributed by atoms with Crippen molar-refractivity contribution >= 4 is 44.2 Å². The Labute approximate surface area is 185 Å². The summed E-state index contributed by atoms with van der Waals surface area (Å²) < 4.78 is 15.7. The molecule has 4 N–H and O–H groups in total. The van der Waals surface area contributed by atoms with Crippen molar-refractivity contribution in [3.63, 3.8) is 0 Å². The maximum absolute atomic E-state index is 13.7. The van der Waals surface area contributed by atoms with E-state index < -0.39 is 12.0 Å². The van der Waals surface area contributed by atoms with Crippen LogP contribution in [0.15, 0.2) is 41.1 Å². The Hall–Kier alpha value is -3.11. The van der Waals surface area contributed by atoms with Crippen molar-refractivity contribution in [2.75, 3.05) is 12.3 Å². The van der Waals surface area contributed by atoms with Crippen molar-refractivity contribution in [1.29, 1.82) is 0 Å². The highest BCUT2D eigenvalue weighted by Gasteiger charge is 2.22. The number of carbonyl (C=O) groups excluding carboxylic acids is 1. The minimum absolute atomic E-state index is 0.253. The molecule has 0 saturated heterocycles. The maximum Gasteiger partial charge on any atom is 0.225 e. The summed E-state index contributed by atoms with van der Waals surface area (Å²) in [6.07, 6.45) is 3.29. The molecule has 2 unspecified atom stereocenters. The molecule has 160 valence electrons. The number of pyridine rings is 1. The highest BCUT2D eigenvalue weighted by atomic mass is 79.9. The number of nitrogens with one attached hydrogen (secondary N) is 1. The number of rotatable bonds is 5. The molecule has 0 radical (unpaired) electrons. The molecule has 0 bridgehead atoms. The highest BCUT2D eigenvalue weighted by molar-refractivity contribution is 9.10. The number of carbonyl (C=O) groups is 1. The molecule has 1 aromatic carbocycles. The number of nitrogen functional groups attached to an aromatic ring is 1. The number of aliphatic hydroxyl groups is 1. The second-order valence-corrected chi connectivity index (χ2v) is 8.16. The highest BCUT2D eigenvalue weighted by Crippen LogP contribution is 2.33. The number of amides is 1. The predicted molar refractivity (Wildman–Crippen MR) is 119 cm³/mol. The minimum atomic E-state index is -0.545. The molecule has 4 rings (SSSR count). The lowest BCUT2D eigenvalue weighted by molar-refractivity contribution is -0.126. The van der Waals surface area contributed by atoms with Crippen LogP contribution in [-0.4, -0.2) is 37.2 Å². The number of anilines is 1. The van der Waals surface area contributed by atoms with E-state index in [2.05, 4.69) is 31.3 Å². The molecule has 1 amide bonds. The first-order valence-electron chi connectivity index (χ1n) is 9.59. The molecule has 4 aromatic rings. The van der Waals surface area contributed by atoms with Gasteiger partial charge in [-0.2, -0.15) is 9.61 Å². The van der Waals surface area contributed by atoms with Gasteiger partial charge in [0.15, 0.2) is 5.65 Å². The topological polar surface area (TPSA) is 118 Å². The zero-order valence-electron chi connectivity index (χ0n) is 16.8. The number of fused-ring (bicyclic) bond motifs is 2. The van der Waals surface area contributed by atoms with Crippen LogP contribution in [0.1, 0.15) is 25.6 Å². The number of aliphatic hydroxyl groups excluding tert-OH is 1. The van der Waals surface area contributed by atoms with Gasteiger partial charge in [0.2, 0.25) is 5.91 Å². The molecule has 0 aliphatic heterocycles. The fraction of sp³-hybridized carbons (Fsp3) is 0.238. The summed E-state index contributed by atoms with van der Waals surface area (Å²) >= 11 is 3.45. The van der Waals surface area contributed by atoms with Crippen LogP contribution in [0.3, 0.4) is 0 Å². The standard InChI is InChI=1S/C21H20BrFN6O2/c1-10(9-30)21(31)27-11(2)18-17(22)19(24)29-20(28-18)15(8-26-29)13-5-12-6-14(23)3-4-16(12)25-7-13/h3-8,10-11,30H,9,24H2,1-2H3,(H,27,31). The lowest BCUT2D eigenvalue weighted by Gasteiger charge is -2.18. The number of nitrogens with zero attached hydrogens (tertiary/aromatic N) is 4. The van der Waals surface area contributed by atoms with Crippen molar-refractivity contribution in [3.8, 4) is 11.1 Å². The molecular formula is C21H20BrFN6O2. The molecule has 3 heterocycles. The fourth-order valence-corrected chi connectivity index (χ4v) is 3.86. The third-order valence-electron chi connectivity index (χ3n) is 5.09. The van der Waals surface area contributed by atoms with Crippen molar-refractivity contribution in [2.24, 2.45) is 5.92 Å². The fourth-order valence-electron chi connectivity index (χ4n) is 3.26. The van der Waals surface area contributed by atoms with Crippen LogP contribution in [0.5, 0.6) is 0 Å². The van der Waals surface area contributed by atoms with Gasteiger partial charge in [0.25, 0.3) is 0 Å². The Balaban J connectivity index is 1.81. The van der Waals surface area contributed by atoms with E-state index in [1.807, 2.05) is 6.07 Å². The molecule has 2 atom stereocenters. The summed E-state index contributed by atoms with van der Waals surface area (Å²) in [4.78, 5) is 21.3. The number of aromatic nitrogens is 4. The van der Waals surface area contributed by atoms with E-state index in [1.54, 1.807) is 32.3 Å². The van der Waals surface area contributed by atoms with Gasteiger partial charge >= 0.3 is 0 Å². The predicted octanol–water partition coefficient (Wildman–Crippen LogP) is 3.23. The van der Waals surface area contributed by atoms with Crippen LogP contribution >= 0.6 is 15.9 Å². The molecule has 0 fully saturated rings. The molecule has 0 spiro atoms. The van der Waals surface area contributed by atoms with Crippen molar-refractivity contribution in [3.05, 3.63) is 52.6 Å². The summed E-state index contributed by atoms with van der Waals surface area (Å²) in [6.45, 7) is 3.16. The molecule has 0 aliphatic rings. The van der Waals surface area contributed by atoms with Gasteiger partial charge < -0.3 is 16.2 Å². The lowest BCUT2D eigenvalue weighted by Crippen LogP contribution is -2.33. The van der Waals surface area contributed by atoms with Gasteiger partial charge in [-0.3, -0.25) is 9.78 Å². The van der Waals surface area contributed by atoms with Gasteiger partial charge in [0.05, 0.1) is 40.4 Å². The van der Waals surface area contributed by atoms with Crippen LogP contribution < -0.4 is 11.1 Å². The van der Waals surface area contributed by atoms with Crippen LogP contribution in [0, 0.1) is 11.7 Å². The molecular weight excluding hydrogens is 467 g/mol. The van der Waals surface area contributed by atoms with Gasteiger partial charge in [-0.05, 0) is 47.1 Å². The third-order valence-corrected chi connectivity index (χ3v) is 5.91. The number of halogens is 2. The third kappa shape index (κ3) is 3.84. The molecule has 31 heavy (non-hydrogen) atoms. The minimum Gasteiger partial charge on any atom is -0.396 e. The van der Waals surface area contributed by atoms with Crippen molar-refractivity contribution < 1.29 is 14.3 Å². The van der Waals surface area contributed by atoms with Crippen LogP contribution in [-0.2, 0) is 4.79 Å². The molecule has 0 aliphatic carbocycles. The van der Waals surface area contributed by atoms with E-state index in [0.717, 1.165) is 0 Å². The van der Waals surface area contributed by atoms with E-state index in [-0.39, 0.29) is 18.3 Å². The second-order valence-electron chi connectivity index (χ2n) is 7.36. The van der Waals surface area contributed by atoms with Crippen LogP contribution in [0.25, 0.3) is 27.7 Å². The van der Waals surface area contributed by atoms with E-state index in [0.29, 0.717) is 43.7 Å². The first kappa shape index (κ1) is 21.1. The second kappa shape index (κ2) is 8.20. The van der Waals surface area contributed by atoms with Gasteiger partial charge in [0.1, 0.15) is 11.6 Å². The zero-order chi connectivity index (χ0) is 22.3. The van der Waals surface area contributed by atoms with Gasteiger partial charge in [-0.15, -0.1) is 0 Å². The summed E-state index contributed by atoms with van der Waals surface area (Å²) in [5.41, 5.74) is 9.31. The lowest BCUT2D eigenvalue weighted by atomic mass is 10.1. The molecule has 10 heteroatoms. The molecule has 3 aromatic heterocycles. The van der Waals surface area contributed by atoms with E-state index in [1.165, 1.54) is 16.6 Å². The Morgan fingerprint density at radius 3 is 2.84 bits per heavy atom. The SMILES string of the molecule is CC(CO)C(=O)NC(C)c1nc2c(-c3cnc4ccc(F)cc4c3)cnn2c(N)c1Br. The van der Waals surface area contributed by atoms with Crippen LogP contribution in [0.2, 0.25) is 0 Å². The molecule has 8 nitrogen and oxygen atoms in total. The first-order valence-corrected chi connectivity index (χ1v) is 10.4. The summed E-state index contributed by atoms with van der Waals surface area (Å²) in [6, 6.07) is 5.74. The van der Waals surface area contributed by atoms with Gasteiger partial charge in [-0.1, -0.05) is 6.92 Å². The maximum atomic E-state index is 13.7. The molecule has 0 saturated carbocycles. The van der Waals surface area contributed by atoms with Gasteiger partial charge in [-0.25, -0.2) is 9.37 Å². The van der Waals surface area contributed by atoms with Crippen LogP contribution in [0.4, 0.5) is 10.2 Å². The average Bonchev–Trinajstić information content (AvgIpc) is 3.19. The van der Waals surface area contributed by atoms with E-state index in [9.17, 15) is 14.3 Å². The Morgan fingerprint density at radius 1 is 1.32 bits per heavy atom. The number of hydrogen-bond acceptors (Lipinski definition) is 6. The number of benzene rings is 1. The normalized spacial score (nSPS) is 13.5. The quantitative estimate of drug-likeness (QED) is 0.398. The van der Waals surface area contributed by atoms with Gasteiger partial charge in [0, 0.05) is 22.7 Å². The van der Waals surface area contributed by atoms with E-state index >= 15 is 0 Å². The number of nitrogens with two attached hydrogens (primary N) is 1. The summed E-state index contributed by atoms with van der Waals surface area (Å²) in [7, 11) is 0. The smallest absolute Gasteiger partial charge is 0.225 e. The Bertz CT molecular complexity index is 1310. The average molecular weight is 487 g/mol. The largest absolute Gasteiger partial charge is 0.396 e. The Morgan fingerprint density at radius 2 is 2.10 bits per heavy atom. The summed E-state index contributed by atoms with van der Waals surface area (Å²) in [5.74, 6) is -0.863. The monoisotopic (exact) mass is 486 g/mol. The van der Waals surface area contributed by atoms with Crippen molar-refractivity contribution in [1.82, 2.24) is 24.9 Å². The van der Waals surface area contributed by atoms with E-state index in [4.69, 9.17) is 10.7 Å². The number of hydrogen-bond donors (Lipinski definition) is 3. The van der Waals surface area contributed by atoms with Crippen molar-refractivity contribution in [2.45, 2.75) is 19.9 Å². The zero-order valence-corrected chi connectivity index (χ0v) is 18.4. The Kier molecular flexibility index (Phi) is 5.59. The first-order chi connectivity index (χ1) is 14.8. The summed E-state index contributed by atoms with van der Waals surface area (Å²) in [5, 5.41) is 17.0.